The molecule has 5 heteroatoms. The first kappa shape index (κ1) is 12.5. The molecule has 0 N–H and O–H groups in total. The average molecular weight is 251 g/mol. The normalized spacial score (nSPS) is 14.7. The third-order valence-electron chi connectivity index (χ3n) is 2.49. The second-order valence-corrected chi connectivity index (χ2v) is 5.17. The summed E-state index contributed by atoms with van der Waals surface area (Å²) < 4.78 is 18.2. The molecule has 0 fully saturated rings. The Labute approximate surface area is 104 Å². The maximum absolute atomic E-state index is 13.0. The zero-order valence-electron chi connectivity index (χ0n) is 10.5. The van der Waals surface area contributed by atoms with Gasteiger partial charge in [0.15, 0.2) is 0 Å². The number of hydrogen-bond acceptors (Lipinski definition) is 3. The topological polar surface area (TPSA) is 46.6 Å². The lowest BCUT2D eigenvalue weighted by atomic mass is 10.1. The highest BCUT2D eigenvalue weighted by Crippen LogP contribution is 2.25. The molecule has 0 atom stereocenters. The largest absolute Gasteiger partial charge is 0.443 e. The lowest BCUT2D eigenvalue weighted by molar-refractivity contribution is 0.0248. The molecule has 0 radical (unpaired) electrons. The molecule has 2 amide bonds. The van der Waals surface area contributed by atoms with E-state index < -0.39 is 23.4 Å². The summed E-state index contributed by atoms with van der Waals surface area (Å²) in [5.74, 6) is -0.869. The standard InChI is InChI=1S/C13H14FNO3/c1-13(2,3)18-12(17)15-7-8-6-9(14)4-5-10(8)11(15)16/h4-6H,7H2,1-3H3. The van der Waals surface area contributed by atoms with Crippen LogP contribution in [0.3, 0.4) is 0 Å². The van der Waals surface area contributed by atoms with Crippen LogP contribution in [0.25, 0.3) is 0 Å². The SMILES string of the molecule is CC(C)(C)OC(=O)N1Cc2cc(F)ccc2C1=O. The Morgan fingerprint density at radius 2 is 2.06 bits per heavy atom. The lowest BCUT2D eigenvalue weighted by Crippen LogP contribution is -2.36. The minimum absolute atomic E-state index is 0.0564. The Hall–Kier alpha value is -1.91. The van der Waals surface area contributed by atoms with E-state index in [0.717, 1.165) is 4.90 Å². The number of fused-ring (bicyclic) bond motifs is 1. The van der Waals surface area contributed by atoms with E-state index >= 15 is 0 Å². The van der Waals surface area contributed by atoms with Crippen LogP contribution in [-0.4, -0.2) is 22.5 Å². The Kier molecular flexibility index (Phi) is 2.84. The molecular formula is C13H14FNO3. The van der Waals surface area contributed by atoms with Crippen molar-refractivity contribution in [2.75, 3.05) is 0 Å². The number of carbonyl (C=O) groups excluding carboxylic acids is 2. The van der Waals surface area contributed by atoms with Crippen LogP contribution in [0.4, 0.5) is 9.18 Å². The van der Waals surface area contributed by atoms with Crippen LogP contribution in [0.2, 0.25) is 0 Å². The van der Waals surface area contributed by atoms with Gasteiger partial charge in [0, 0.05) is 5.56 Å². The molecular weight excluding hydrogens is 237 g/mol. The van der Waals surface area contributed by atoms with Gasteiger partial charge in [0.05, 0.1) is 6.54 Å². The smallest absolute Gasteiger partial charge is 0.417 e. The van der Waals surface area contributed by atoms with Gasteiger partial charge >= 0.3 is 6.09 Å². The molecule has 0 spiro atoms. The van der Waals surface area contributed by atoms with E-state index in [9.17, 15) is 14.0 Å². The van der Waals surface area contributed by atoms with Crippen LogP contribution >= 0.6 is 0 Å². The molecule has 0 bridgehead atoms. The Morgan fingerprint density at radius 1 is 1.39 bits per heavy atom. The van der Waals surface area contributed by atoms with Gasteiger partial charge in [-0.05, 0) is 44.5 Å². The van der Waals surface area contributed by atoms with Crippen LogP contribution in [0.5, 0.6) is 0 Å². The van der Waals surface area contributed by atoms with Gasteiger partial charge in [-0.25, -0.2) is 14.1 Å². The maximum Gasteiger partial charge on any atom is 0.417 e. The maximum atomic E-state index is 13.0. The number of rotatable bonds is 0. The summed E-state index contributed by atoms with van der Waals surface area (Å²) in [7, 11) is 0. The summed E-state index contributed by atoms with van der Waals surface area (Å²) in [5.41, 5.74) is 0.185. The first-order valence-electron chi connectivity index (χ1n) is 5.61. The monoisotopic (exact) mass is 251 g/mol. The van der Waals surface area contributed by atoms with Crippen molar-refractivity contribution in [3.8, 4) is 0 Å². The molecule has 0 aromatic heterocycles. The first-order chi connectivity index (χ1) is 8.28. The zero-order valence-corrected chi connectivity index (χ0v) is 10.5. The second kappa shape index (κ2) is 4.08. The van der Waals surface area contributed by atoms with Crippen molar-refractivity contribution >= 4 is 12.0 Å². The van der Waals surface area contributed by atoms with E-state index in [2.05, 4.69) is 0 Å². The number of amides is 2. The number of halogens is 1. The first-order valence-corrected chi connectivity index (χ1v) is 5.61. The fourth-order valence-electron chi connectivity index (χ4n) is 1.75. The number of nitrogens with zero attached hydrogens (tertiary/aromatic N) is 1. The van der Waals surface area contributed by atoms with Crippen molar-refractivity contribution in [2.24, 2.45) is 0 Å². The zero-order chi connectivity index (χ0) is 13.5. The van der Waals surface area contributed by atoms with Crippen LogP contribution in [0.1, 0.15) is 36.7 Å². The Morgan fingerprint density at radius 3 is 2.67 bits per heavy atom. The molecule has 1 aliphatic rings. The van der Waals surface area contributed by atoms with Crippen molar-refractivity contribution in [3.05, 3.63) is 35.1 Å². The second-order valence-electron chi connectivity index (χ2n) is 5.17. The molecule has 1 aromatic rings. The van der Waals surface area contributed by atoms with E-state index in [-0.39, 0.29) is 6.54 Å². The molecule has 0 saturated carbocycles. The van der Waals surface area contributed by atoms with Gasteiger partial charge in [-0.1, -0.05) is 0 Å². The summed E-state index contributed by atoms with van der Waals surface area (Å²) in [6.07, 6.45) is -0.705. The van der Waals surface area contributed by atoms with Gasteiger partial charge in [0.2, 0.25) is 0 Å². The van der Waals surface area contributed by atoms with Crippen LogP contribution in [0, 0.1) is 5.82 Å². The third kappa shape index (κ3) is 2.34. The van der Waals surface area contributed by atoms with E-state index in [1.165, 1.54) is 18.2 Å². The van der Waals surface area contributed by atoms with E-state index in [1.807, 2.05) is 0 Å². The van der Waals surface area contributed by atoms with Crippen molar-refractivity contribution in [1.82, 2.24) is 4.90 Å². The molecule has 0 aliphatic carbocycles. The van der Waals surface area contributed by atoms with Crippen molar-refractivity contribution < 1.29 is 18.7 Å². The van der Waals surface area contributed by atoms with Crippen LogP contribution < -0.4 is 0 Å². The summed E-state index contributed by atoms with van der Waals surface area (Å²) in [4.78, 5) is 24.7. The molecule has 0 saturated heterocycles. The summed E-state index contributed by atoms with van der Waals surface area (Å²) >= 11 is 0. The third-order valence-corrected chi connectivity index (χ3v) is 2.49. The van der Waals surface area contributed by atoms with Crippen LogP contribution in [-0.2, 0) is 11.3 Å². The molecule has 2 rings (SSSR count). The summed E-state index contributed by atoms with van der Waals surface area (Å²) in [6.45, 7) is 5.22. The van der Waals surface area contributed by atoms with Crippen LogP contribution in [0.15, 0.2) is 18.2 Å². The van der Waals surface area contributed by atoms with Gasteiger partial charge < -0.3 is 4.74 Å². The minimum Gasteiger partial charge on any atom is -0.443 e. The highest BCUT2D eigenvalue weighted by atomic mass is 19.1. The average Bonchev–Trinajstić information content (AvgIpc) is 2.53. The Bertz CT molecular complexity index is 519. The lowest BCUT2D eigenvalue weighted by Gasteiger charge is -2.23. The highest BCUT2D eigenvalue weighted by molar-refractivity contribution is 6.06. The van der Waals surface area contributed by atoms with Crippen molar-refractivity contribution in [3.63, 3.8) is 0 Å². The molecule has 1 aromatic carbocycles. The quantitative estimate of drug-likeness (QED) is 0.712. The van der Waals surface area contributed by atoms with Gasteiger partial charge in [0.1, 0.15) is 11.4 Å². The molecule has 4 nitrogen and oxygen atoms in total. The molecule has 1 heterocycles. The number of benzene rings is 1. The van der Waals surface area contributed by atoms with Gasteiger partial charge in [-0.2, -0.15) is 0 Å². The number of hydrogen-bond donors (Lipinski definition) is 0. The molecule has 1 aliphatic heterocycles. The van der Waals surface area contributed by atoms with E-state index in [4.69, 9.17) is 4.74 Å². The number of imide groups is 1. The van der Waals surface area contributed by atoms with Gasteiger partial charge in [0.25, 0.3) is 5.91 Å². The van der Waals surface area contributed by atoms with Crippen molar-refractivity contribution in [1.29, 1.82) is 0 Å². The molecule has 18 heavy (non-hydrogen) atoms. The highest BCUT2D eigenvalue weighted by Gasteiger charge is 2.34. The molecule has 96 valence electrons. The fourth-order valence-corrected chi connectivity index (χ4v) is 1.75. The Balaban J connectivity index is 2.21. The van der Waals surface area contributed by atoms with Crippen molar-refractivity contribution in [2.45, 2.75) is 32.9 Å². The predicted octanol–water partition coefficient (Wildman–Crippen LogP) is 2.72. The number of ether oxygens (including phenoxy) is 1. The fraction of sp³-hybridized carbons (Fsp3) is 0.385. The predicted molar refractivity (Wildman–Crippen MR) is 62.5 cm³/mol. The summed E-state index contributed by atoms with van der Waals surface area (Å²) in [5, 5.41) is 0. The van der Waals surface area contributed by atoms with Gasteiger partial charge in [-0.3, -0.25) is 4.79 Å². The summed E-state index contributed by atoms with van der Waals surface area (Å²) in [6, 6.07) is 3.85. The molecule has 0 unspecified atom stereocenters. The van der Waals surface area contributed by atoms with E-state index in [1.54, 1.807) is 20.8 Å². The number of carbonyl (C=O) groups is 2. The van der Waals surface area contributed by atoms with Gasteiger partial charge in [-0.15, -0.1) is 0 Å². The van der Waals surface area contributed by atoms with E-state index in [0.29, 0.717) is 11.1 Å². The minimum atomic E-state index is -0.705.